The molecule has 1 atom stereocenters. The summed E-state index contributed by atoms with van der Waals surface area (Å²) in [5.74, 6) is -0.372. The molecule has 108 valence electrons. The summed E-state index contributed by atoms with van der Waals surface area (Å²) in [6, 6.07) is 5.72. The highest BCUT2D eigenvalue weighted by molar-refractivity contribution is 9.10. The van der Waals surface area contributed by atoms with E-state index >= 15 is 0 Å². The summed E-state index contributed by atoms with van der Waals surface area (Å²) in [6.07, 6.45) is -0.586. The van der Waals surface area contributed by atoms with Gasteiger partial charge in [-0.25, -0.2) is 4.79 Å². The maximum atomic E-state index is 11.6. The molecule has 0 aliphatic carbocycles. The molecule has 1 unspecified atom stereocenters. The molecular formula is C13H15BrN2O3S. The lowest BCUT2D eigenvalue weighted by Gasteiger charge is -2.34. The van der Waals surface area contributed by atoms with Gasteiger partial charge in [-0.2, -0.15) is 0 Å². The Bertz CT molecular complexity index is 538. The van der Waals surface area contributed by atoms with Crippen LogP contribution in [0, 0.1) is 0 Å². The standard InChI is InChI=1S/C13H15BrN2O3S/c1-18-13(17)11-7-16(4-5-19-11)10-3-2-8(14)6-9(10)12(15)20/h2-3,6,11H,4-5,7H2,1H3,(H2,15,20). The zero-order valence-corrected chi connectivity index (χ0v) is 13.4. The molecule has 0 bridgehead atoms. The second-order valence-electron chi connectivity index (χ2n) is 4.35. The Morgan fingerprint density at radius 2 is 2.35 bits per heavy atom. The first-order valence-electron chi connectivity index (χ1n) is 6.06. The van der Waals surface area contributed by atoms with Gasteiger partial charge in [0.25, 0.3) is 0 Å². The molecule has 5 nitrogen and oxygen atoms in total. The summed E-state index contributed by atoms with van der Waals surface area (Å²) < 4.78 is 11.0. The van der Waals surface area contributed by atoms with Crippen LogP contribution in [0.5, 0.6) is 0 Å². The number of benzene rings is 1. The molecule has 1 aliphatic heterocycles. The minimum Gasteiger partial charge on any atom is -0.467 e. The molecule has 0 aromatic heterocycles. The van der Waals surface area contributed by atoms with Gasteiger partial charge in [0.15, 0.2) is 6.10 Å². The van der Waals surface area contributed by atoms with Gasteiger partial charge in [-0.05, 0) is 18.2 Å². The molecule has 1 fully saturated rings. The molecule has 1 heterocycles. The first-order chi connectivity index (χ1) is 9.52. The molecule has 2 rings (SSSR count). The fourth-order valence-electron chi connectivity index (χ4n) is 2.12. The summed E-state index contributed by atoms with van der Waals surface area (Å²) >= 11 is 8.49. The number of esters is 1. The third-order valence-electron chi connectivity index (χ3n) is 3.10. The predicted octanol–water partition coefficient (Wildman–Crippen LogP) is 1.46. The lowest BCUT2D eigenvalue weighted by atomic mass is 10.1. The van der Waals surface area contributed by atoms with Crippen LogP contribution in [0.15, 0.2) is 22.7 Å². The van der Waals surface area contributed by atoms with Gasteiger partial charge in [0, 0.05) is 22.3 Å². The first kappa shape index (κ1) is 15.2. The third-order valence-corrected chi connectivity index (χ3v) is 3.81. The van der Waals surface area contributed by atoms with Gasteiger partial charge in [-0.3, -0.25) is 0 Å². The molecule has 7 heteroatoms. The fraction of sp³-hybridized carbons (Fsp3) is 0.385. The Balaban J connectivity index is 2.27. The number of anilines is 1. The van der Waals surface area contributed by atoms with Crippen LogP contribution in [-0.4, -0.2) is 43.9 Å². The number of methoxy groups -OCH3 is 1. The maximum absolute atomic E-state index is 11.6. The number of rotatable bonds is 3. The lowest BCUT2D eigenvalue weighted by Crippen LogP contribution is -2.47. The van der Waals surface area contributed by atoms with E-state index in [0.29, 0.717) is 24.7 Å². The SMILES string of the molecule is COC(=O)C1CN(c2ccc(Br)cc2C(N)=S)CCO1. The van der Waals surface area contributed by atoms with Crippen LogP contribution in [0.4, 0.5) is 5.69 Å². The van der Waals surface area contributed by atoms with E-state index < -0.39 is 6.10 Å². The van der Waals surface area contributed by atoms with Crippen LogP contribution in [-0.2, 0) is 14.3 Å². The zero-order chi connectivity index (χ0) is 14.7. The summed E-state index contributed by atoms with van der Waals surface area (Å²) in [7, 11) is 1.35. The van der Waals surface area contributed by atoms with Gasteiger partial charge in [0.1, 0.15) is 4.99 Å². The molecular weight excluding hydrogens is 344 g/mol. The number of ether oxygens (including phenoxy) is 2. The van der Waals surface area contributed by atoms with Gasteiger partial charge in [0.05, 0.1) is 20.3 Å². The van der Waals surface area contributed by atoms with Crippen molar-refractivity contribution in [1.82, 2.24) is 0 Å². The molecule has 1 saturated heterocycles. The lowest BCUT2D eigenvalue weighted by molar-refractivity contribution is -0.154. The number of morpholine rings is 1. The number of hydrogen-bond acceptors (Lipinski definition) is 5. The Morgan fingerprint density at radius 1 is 1.60 bits per heavy atom. The van der Waals surface area contributed by atoms with Crippen molar-refractivity contribution in [3.8, 4) is 0 Å². The Morgan fingerprint density at radius 3 is 3.00 bits per heavy atom. The summed E-state index contributed by atoms with van der Waals surface area (Å²) in [4.78, 5) is 13.9. The zero-order valence-electron chi connectivity index (χ0n) is 11.0. The monoisotopic (exact) mass is 358 g/mol. The van der Waals surface area contributed by atoms with Crippen molar-refractivity contribution < 1.29 is 14.3 Å². The van der Waals surface area contributed by atoms with E-state index in [0.717, 1.165) is 15.7 Å². The number of hydrogen-bond donors (Lipinski definition) is 1. The molecule has 0 saturated carbocycles. The molecule has 0 amide bonds. The number of carbonyl (C=O) groups is 1. The summed E-state index contributed by atoms with van der Waals surface area (Å²) in [5.41, 5.74) is 7.45. The van der Waals surface area contributed by atoms with Gasteiger partial charge < -0.3 is 20.1 Å². The molecule has 1 aromatic carbocycles. The highest BCUT2D eigenvalue weighted by Crippen LogP contribution is 2.26. The van der Waals surface area contributed by atoms with Gasteiger partial charge >= 0.3 is 5.97 Å². The smallest absolute Gasteiger partial charge is 0.336 e. The van der Waals surface area contributed by atoms with Crippen LogP contribution in [0.25, 0.3) is 0 Å². The maximum Gasteiger partial charge on any atom is 0.336 e. The van der Waals surface area contributed by atoms with E-state index in [1.165, 1.54) is 7.11 Å². The number of nitrogens with zero attached hydrogens (tertiary/aromatic N) is 1. The van der Waals surface area contributed by atoms with Crippen molar-refractivity contribution in [3.63, 3.8) is 0 Å². The van der Waals surface area contributed by atoms with Crippen LogP contribution in [0.3, 0.4) is 0 Å². The van der Waals surface area contributed by atoms with Crippen LogP contribution in [0.2, 0.25) is 0 Å². The molecule has 1 aromatic rings. The van der Waals surface area contributed by atoms with E-state index in [9.17, 15) is 4.79 Å². The minimum atomic E-state index is -0.586. The van der Waals surface area contributed by atoms with Crippen molar-refractivity contribution in [3.05, 3.63) is 28.2 Å². The average Bonchev–Trinajstić information content (AvgIpc) is 2.46. The summed E-state index contributed by atoms with van der Waals surface area (Å²) in [5, 5.41) is 0. The number of carbonyl (C=O) groups excluding carboxylic acids is 1. The number of halogens is 1. The van der Waals surface area contributed by atoms with E-state index in [1.807, 2.05) is 23.1 Å². The van der Waals surface area contributed by atoms with Crippen molar-refractivity contribution in [2.45, 2.75) is 6.10 Å². The van der Waals surface area contributed by atoms with Crippen molar-refractivity contribution in [2.75, 3.05) is 31.7 Å². The normalized spacial score (nSPS) is 18.7. The molecule has 0 spiro atoms. The quantitative estimate of drug-likeness (QED) is 0.651. The van der Waals surface area contributed by atoms with Crippen molar-refractivity contribution >= 4 is 44.8 Å². The average molecular weight is 359 g/mol. The van der Waals surface area contributed by atoms with Crippen LogP contribution < -0.4 is 10.6 Å². The van der Waals surface area contributed by atoms with E-state index in [4.69, 9.17) is 27.4 Å². The van der Waals surface area contributed by atoms with Crippen LogP contribution in [0.1, 0.15) is 5.56 Å². The molecule has 20 heavy (non-hydrogen) atoms. The van der Waals surface area contributed by atoms with Crippen molar-refractivity contribution in [2.24, 2.45) is 5.73 Å². The van der Waals surface area contributed by atoms with E-state index in [1.54, 1.807) is 0 Å². The molecule has 2 N–H and O–H groups in total. The van der Waals surface area contributed by atoms with Crippen LogP contribution >= 0.6 is 28.1 Å². The van der Waals surface area contributed by atoms with Gasteiger partial charge in [-0.15, -0.1) is 0 Å². The topological polar surface area (TPSA) is 64.8 Å². The van der Waals surface area contributed by atoms with Gasteiger partial charge in [-0.1, -0.05) is 28.1 Å². The largest absolute Gasteiger partial charge is 0.467 e. The molecule has 1 aliphatic rings. The number of nitrogens with two attached hydrogens (primary N) is 1. The second kappa shape index (κ2) is 6.51. The highest BCUT2D eigenvalue weighted by Gasteiger charge is 2.28. The first-order valence-corrected chi connectivity index (χ1v) is 7.26. The summed E-state index contributed by atoms with van der Waals surface area (Å²) in [6.45, 7) is 1.54. The Hall–Kier alpha value is -1.18. The fourth-order valence-corrected chi connectivity index (χ4v) is 2.65. The van der Waals surface area contributed by atoms with E-state index in [2.05, 4.69) is 15.9 Å². The Kier molecular flexibility index (Phi) is 4.95. The predicted molar refractivity (Wildman–Crippen MR) is 84.0 cm³/mol. The minimum absolute atomic E-state index is 0.322. The van der Waals surface area contributed by atoms with Crippen molar-refractivity contribution in [1.29, 1.82) is 0 Å². The second-order valence-corrected chi connectivity index (χ2v) is 5.71. The molecule has 0 radical (unpaired) electrons. The van der Waals surface area contributed by atoms with E-state index in [-0.39, 0.29) is 5.97 Å². The third kappa shape index (κ3) is 3.28. The Labute approximate surface area is 131 Å². The highest BCUT2D eigenvalue weighted by atomic mass is 79.9. The van der Waals surface area contributed by atoms with Gasteiger partial charge in [0.2, 0.25) is 0 Å². The number of thiocarbonyl (C=S) groups is 1.